The Hall–Kier alpha value is -1.55. The van der Waals surface area contributed by atoms with Gasteiger partial charge in [-0.25, -0.2) is 0 Å². The van der Waals surface area contributed by atoms with E-state index in [2.05, 4.69) is 42.8 Å². The van der Waals surface area contributed by atoms with E-state index in [-0.39, 0.29) is 5.54 Å². The lowest BCUT2D eigenvalue weighted by Crippen LogP contribution is -2.65. The standard InChI is InChI=1S/C19H27N3O/c1-13-9-14(2)18(15(3)10-13)22-19(11-17(20-22)23-4)12-21-7-5-16(19)6-8-21/h9-10,16H,5-8,11-12H2,1-4H3. The number of hydrogen-bond donors (Lipinski definition) is 0. The molecule has 1 aromatic rings. The highest BCUT2D eigenvalue weighted by Crippen LogP contribution is 2.48. The maximum Gasteiger partial charge on any atom is 0.208 e. The Bertz CT molecular complexity index is 638. The summed E-state index contributed by atoms with van der Waals surface area (Å²) in [5.41, 5.74) is 5.34. The van der Waals surface area contributed by atoms with Crippen molar-refractivity contribution in [1.29, 1.82) is 0 Å². The summed E-state index contributed by atoms with van der Waals surface area (Å²) in [6.45, 7) is 10.2. The predicted molar refractivity (Wildman–Crippen MR) is 94.1 cm³/mol. The quantitative estimate of drug-likeness (QED) is 0.797. The number of hydrogen-bond acceptors (Lipinski definition) is 4. The first kappa shape index (κ1) is 15.0. The zero-order chi connectivity index (χ0) is 16.2. The van der Waals surface area contributed by atoms with Crippen molar-refractivity contribution in [2.75, 3.05) is 31.8 Å². The number of aryl methyl sites for hydroxylation is 3. The van der Waals surface area contributed by atoms with E-state index >= 15 is 0 Å². The molecular weight excluding hydrogens is 286 g/mol. The van der Waals surface area contributed by atoms with Gasteiger partial charge in [0.15, 0.2) is 0 Å². The molecule has 4 heteroatoms. The number of piperidine rings is 3. The lowest BCUT2D eigenvalue weighted by molar-refractivity contribution is 0.0306. The Morgan fingerprint density at radius 3 is 2.30 bits per heavy atom. The molecule has 0 aliphatic carbocycles. The molecule has 23 heavy (non-hydrogen) atoms. The van der Waals surface area contributed by atoms with Crippen molar-refractivity contribution in [2.45, 2.75) is 45.6 Å². The van der Waals surface area contributed by atoms with Crippen molar-refractivity contribution in [2.24, 2.45) is 11.0 Å². The summed E-state index contributed by atoms with van der Waals surface area (Å²) in [6.07, 6.45) is 3.51. The molecule has 4 nitrogen and oxygen atoms in total. The number of anilines is 1. The van der Waals surface area contributed by atoms with Crippen molar-refractivity contribution >= 4 is 11.6 Å². The summed E-state index contributed by atoms with van der Waals surface area (Å²) >= 11 is 0. The normalized spacial score (nSPS) is 32.5. The van der Waals surface area contributed by atoms with Crippen molar-refractivity contribution in [3.8, 4) is 0 Å². The monoisotopic (exact) mass is 313 g/mol. The molecule has 0 amide bonds. The topological polar surface area (TPSA) is 28.1 Å². The van der Waals surface area contributed by atoms with E-state index in [9.17, 15) is 0 Å². The highest BCUT2D eigenvalue weighted by molar-refractivity contribution is 5.84. The first-order valence-electron chi connectivity index (χ1n) is 8.75. The van der Waals surface area contributed by atoms with Crippen molar-refractivity contribution in [3.63, 3.8) is 0 Å². The highest BCUT2D eigenvalue weighted by Gasteiger charge is 2.55. The van der Waals surface area contributed by atoms with E-state index in [1.807, 2.05) is 0 Å². The van der Waals surface area contributed by atoms with Crippen LogP contribution in [-0.4, -0.2) is 43.1 Å². The van der Waals surface area contributed by atoms with Gasteiger partial charge >= 0.3 is 0 Å². The lowest BCUT2D eigenvalue weighted by Gasteiger charge is -2.54. The number of fused-ring (bicyclic) bond motifs is 2. The van der Waals surface area contributed by atoms with Crippen LogP contribution in [0.15, 0.2) is 17.2 Å². The number of hydrazone groups is 1. The summed E-state index contributed by atoms with van der Waals surface area (Å²) in [5.74, 6) is 1.60. The number of methoxy groups -OCH3 is 1. The van der Waals surface area contributed by atoms with E-state index in [0.29, 0.717) is 5.92 Å². The van der Waals surface area contributed by atoms with Gasteiger partial charge in [-0.15, -0.1) is 5.10 Å². The molecule has 0 aromatic heterocycles. The Labute approximate surface area is 139 Å². The van der Waals surface area contributed by atoms with Crippen LogP contribution in [0.2, 0.25) is 0 Å². The second-order valence-corrected chi connectivity index (χ2v) is 7.59. The molecule has 4 heterocycles. The molecule has 4 aliphatic rings. The van der Waals surface area contributed by atoms with Crippen LogP contribution in [0.3, 0.4) is 0 Å². The minimum Gasteiger partial charge on any atom is -0.483 e. The molecule has 1 unspecified atom stereocenters. The number of benzene rings is 1. The van der Waals surface area contributed by atoms with Crippen molar-refractivity contribution in [3.05, 3.63) is 28.8 Å². The van der Waals surface area contributed by atoms with Crippen LogP contribution in [0.4, 0.5) is 5.69 Å². The lowest BCUT2D eigenvalue weighted by atomic mass is 9.70. The minimum atomic E-state index is 0.0899. The van der Waals surface area contributed by atoms with Crippen LogP contribution in [0, 0.1) is 26.7 Å². The smallest absolute Gasteiger partial charge is 0.208 e. The second kappa shape index (κ2) is 5.23. The van der Waals surface area contributed by atoms with Gasteiger partial charge in [-0.2, -0.15) is 0 Å². The highest BCUT2D eigenvalue weighted by atomic mass is 16.5. The third-order valence-corrected chi connectivity index (χ3v) is 6.02. The Kier molecular flexibility index (Phi) is 3.41. The van der Waals surface area contributed by atoms with Gasteiger partial charge in [-0.05, 0) is 63.7 Å². The first-order valence-corrected chi connectivity index (χ1v) is 8.75. The SMILES string of the molecule is COC1=NN(c2c(C)cc(C)cc2C)C2(C1)CN1CCC2CC1. The van der Waals surface area contributed by atoms with E-state index in [4.69, 9.17) is 9.84 Å². The average molecular weight is 313 g/mol. The van der Waals surface area contributed by atoms with E-state index < -0.39 is 0 Å². The molecule has 5 rings (SSSR count). The number of ether oxygens (including phenoxy) is 1. The molecule has 3 saturated heterocycles. The van der Waals surface area contributed by atoms with Crippen LogP contribution in [0.5, 0.6) is 0 Å². The van der Waals surface area contributed by atoms with Gasteiger partial charge in [0, 0.05) is 6.54 Å². The predicted octanol–water partition coefficient (Wildman–Crippen LogP) is 3.25. The first-order chi connectivity index (χ1) is 11.0. The molecule has 2 bridgehead atoms. The van der Waals surface area contributed by atoms with E-state index in [1.54, 1.807) is 7.11 Å². The van der Waals surface area contributed by atoms with E-state index in [0.717, 1.165) is 18.9 Å². The number of rotatable bonds is 1. The van der Waals surface area contributed by atoms with Gasteiger partial charge in [0.1, 0.15) is 0 Å². The summed E-state index contributed by atoms with van der Waals surface area (Å²) in [7, 11) is 1.76. The van der Waals surface area contributed by atoms with Crippen LogP contribution >= 0.6 is 0 Å². The summed E-state index contributed by atoms with van der Waals surface area (Å²) in [6, 6.07) is 4.55. The van der Waals surface area contributed by atoms with Crippen molar-refractivity contribution in [1.82, 2.24) is 4.90 Å². The average Bonchev–Trinajstić information content (AvgIpc) is 2.86. The fourth-order valence-corrected chi connectivity index (χ4v) is 5.06. The van der Waals surface area contributed by atoms with Crippen LogP contribution in [-0.2, 0) is 4.74 Å². The molecule has 0 saturated carbocycles. The largest absolute Gasteiger partial charge is 0.483 e. The van der Waals surface area contributed by atoms with Gasteiger partial charge in [0.2, 0.25) is 5.90 Å². The molecule has 4 aliphatic heterocycles. The van der Waals surface area contributed by atoms with Crippen LogP contribution < -0.4 is 5.01 Å². The minimum absolute atomic E-state index is 0.0899. The van der Waals surface area contributed by atoms with Gasteiger partial charge < -0.3 is 9.64 Å². The molecule has 0 N–H and O–H groups in total. The molecule has 1 aromatic carbocycles. The Morgan fingerprint density at radius 2 is 1.78 bits per heavy atom. The summed E-state index contributed by atoms with van der Waals surface area (Å²) in [5, 5.41) is 7.26. The fourth-order valence-electron chi connectivity index (χ4n) is 5.06. The summed E-state index contributed by atoms with van der Waals surface area (Å²) < 4.78 is 5.59. The second-order valence-electron chi connectivity index (χ2n) is 7.59. The Morgan fingerprint density at radius 1 is 1.13 bits per heavy atom. The molecule has 1 atom stereocenters. The molecule has 1 spiro atoms. The summed E-state index contributed by atoms with van der Waals surface area (Å²) in [4.78, 5) is 2.61. The Balaban J connectivity index is 1.83. The third kappa shape index (κ3) is 2.18. The van der Waals surface area contributed by atoms with Gasteiger partial charge in [0.25, 0.3) is 0 Å². The zero-order valence-electron chi connectivity index (χ0n) is 14.7. The number of nitrogens with zero attached hydrogens (tertiary/aromatic N) is 3. The zero-order valence-corrected chi connectivity index (χ0v) is 14.7. The third-order valence-electron chi connectivity index (χ3n) is 6.02. The van der Waals surface area contributed by atoms with Crippen LogP contribution in [0.25, 0.3) is 0 Å². The maximum absolute atomic E-state index is 5.59. The maximum atomic E-state index is 5.59. The van der Waals surface area contributed by atoms with Crippen LogP contribution in [0.1, 0.15) is 36.0 Å². The van der Waals surface area contributed by atoms with Gasteiger partial charge in [0.05, 0.1) is 24.8 Å². The van der Waals surface area contributed by atoms with Gasteiger partial charge in [-0.3, -0.25) is 5.01 Å². The molecular formula is C19H27N3O. The molecule has 3 fully saturated rings. The molecule has 0 radical (unpaired) electrons. The molecule has 124 valence electrons. The van der Waals surface area contributed by atoms with E-state index in [1.165, 1.54) is 48.3 Å². The van der Waals surface area contributed by atoms with Gasteiger partial charge in [-0.1, -0.05) is 17.7 Å². The van der Waals surface area contributed by atoms with Crippen molar-refractivity contribution < 1.29 is 4.74 Å². The fraction of sp³-hybridized carbons (Fsp3) is 0.632.